The van der Waals surface area contributed by atoms with E-state index in [9.17, 15) is 8.42 Å². The lowest BCUT2D eigenvalue weighted by Crippen LogP contribution is -2.38. The Labute approximate surface area is 76.8 Å². The summed E-state index contributed by atoms with van der Waals surface area (Å²) in [7, 11) is -3.65. The van der Waals surface area contributed by atoms with Gasteiger partial charge < -0.3 is 5.73 Å². The van der Waals surface area contributed by atoms with Crippen LogP contribution in [0, 0.1) is 0 Å². The lowest BCUT2D eigenvalue weighted by atomic mass is 10.2. The van der Waals surface area contributed by atoms with E-state index >= 15 is 0 Å². The minimum atomic E-state index is -3.65. The van der Waals surface area contributed by atoms with Crippen molar-refractivity contribution in [3.05, 3.63) is 35.9 Å². The van der Waals surface area contributed by atoms with E-state index in [1.165, 1.54) is 0 Å². The first-order chi connectivity index (χ1) is 6.08. The van der Waals surface area contributed by atoms with Gasteiger partial charge in [0.1, 0.15) is 5.37 Å². The highest BCUT2D eigenvalue weighted by Gasteiger charge is 2.20. The van der Waals surface area contributed by atoms with Crippen LogP contribution in [-0.2, 0) is 10.0 Å². The summed E-state index contributed by atoms with van der Waals surface area (Å²) in [4.78, 5) is 1.69. The average Bonchev–Trinajstić information content (AvgIpc) is 2.18. The molecular formula is C7H11N3O2S. The predicted molar refractivity (Wildman–Crippen MR) is 49.6 cm³/mol. The molecule has 0 bridgehead atoms. The van der Waals surface area contributed by atoms with Crippen LogP contribution in [0.2, 0.25) is 0 Å². The van der Waals surface area contributed by atoms with Crippen molar-refractivity contribution in [3.8, 4) is 0 Å². The van der Waals surface area contributed by atoms with E-state index in [1.54, 1.807) is 35.2 Å². The molecule has 1 unspecified atom stereocenters. The molecule has 0 amide bonds. The predicted octanol–water partition coefficient (Wildman–Crippen LogP) is -0.563. The molecule has 0 aliphatic carbocycles. The van der Waals surface area contributed by atoms with Crippen molar-refractivity contribution in [2.45, 2.75) is 5.37 Å². The third kappa shape index (κ3) is 2.25. The number of nitrogens with two attached hydrogens (primary N) is 2. The van der Waals surface area contributed by atoms with Crippen LogP contribution in [0.3, 0.4) is 0 Å². The molecule has 1 atom stereocenters. The molecule has 0 radical (unpaired) electrons. The molecular weight excluding hydrogens is 190 g/mol. The first kappa shape index (κ1) is 10.1. The van der Waals surface area contributed by atoms with Crippen molar-refractivity contribution in [1.29, 1.82) is 0 Å². The molecule has 0 saturated carbocycles. The van der Waals surface area contributed by atoms with Crippen molar-refractivity contribution in [2.75, 3.05) is 0 Å². The van der Waals surface area contributed by atoms with Gasteiger partial charge in [-0.1, -0.05) is 30.3 Å². The first-order valence-electron chi connectivity index (χ1n) is 3.59. The molecule has 5 nitrogen and oxygen atoms in total. The fraction of sp³-hybridized carbons (Fsp3) is 0.143. The molecule has 0 aromatic heterocycles. The van der Waals surface area contributed by atoms with Crippen molar-refractivity contribution in [1.82, 2.24) is 4.83 Å². The van der Waals surface area contributed by atoms with Crippen molar-refractivity contribution in [3.63, 3.8) is 0 Å². The molecule has 1 rings (SSSR count). The normalized spacial score (nSPS) is 14.0. The fourth-order valence-corrected chi connectivity index (χ4v) is 1.56. The van der Waals surface area contributed by atoms with Crippen LogP contribution < -0.4 is 16.4 Å². The van der Waals surface area contributed by atoms with Crippen molar-refractivity contribution >= 4 is 10.0 Å². The number of hydrogen-bond donors (Lipinski definition) is 3. The molecule has 1 aromatic carbocycles. The number of nitrogens with one attached hydrogen (secondary N) is 1. The second-order valence-electron chi connectivity index (χ2n) is 2.49. The number of benzene rings is 1. The van der Waals surface area contributed by atoms with Gasteiger partial charge in [-0.3, -0.25) is 5.84 Å². The Hall–Kier alpha value is -0.950. The summed E-state index contributed by atoms with van der Waals surface area (Å²) in [6.45, 7) is 0. The van der Waals surface area contributed by atoms with Gasteiger partial charge in [0.25, 0.3) is 0 Å². The zero-order chi connectivity index (χ0) is 9.90. The first-order valence-corrected chi connectivity index (χ1v) is 5.14. The van der Waals surface area contributed by atoms with Crippen LogP contribution in [0.5, 0.6) is 0 Å². The van der Waals surface area contributed by atoms with Gasteiger partial charge in [0, 0.05) is 0 Å². The van der Waals surface area contributed by atoms with E-state index in [2.05, 4.69) is 0 Å². The third-order valence-corrected chi connectivity index (χ3v) is 2.90. The van der Waals surface area contributed by atoms with E-state index in [0.29, 0.717) is 5.56 Å². The zero-order valence-electron chi connectivity index (χ0n) is 6.84. The van der Waals surface area contributed by atoms with Gasteiger partial charge in [0.2, 0.25) is 10.0 Å². The smallest absolute Gasteiger partial charge is 0.244 e. The quantitative estimate of drug-likeness (QED) is 0.451. The highest BCUT2D eigenvalue weighted by Crippen LogP contribution is 2.13. The summed E-state index contributed by atoms with van der Waals surface area (Å²) in [5.41, 5.74) is 5.95. The molecule has 0 heterocycles. The van der Waals surface area contributed by atoms with Gasteiger partial charge in [-0.2, -0.15) is 4.83 Å². The molecule has 5 N–H and O–H groups in total. The van der Waals surface area contributed by atoms with Crippen LogP contribution in [-0.4, -0.2) is 8.42 Å². The molecule has 6 heteroatoms. The number of sulfonamides is 1. The topological polar surface area (TPSA) is 98.2 Å². The summed E-state index contributed by atoms with van der Waals surface area (Å²) in [5, 5.41) is -1.13. The molecule has 1 aromatic rings. The van der Waals surface area contributed by atoms with Gasteiger partial charge >= 0.3 is 0 Å². The summed E-state index contributed by atoms with van der Waals surface area (Å²) in [6, 6.07) is 8.44. The summed E-state index contributed by atoms with van der Waals surface area (Å²) in [6.07, 6.45) is 0. The molecule has 0 saturated heterocycles. The summed E-state index contributed by atoms with van der Waals surface area (Å²) >= 11 is 0. The van der Waals surface area contributed by atoms with Crippen molar-refractivity contribution in [2.24, 2.45) is 11.6 Å². The Balaban J connectivity index is 2.99. The molecule has 72 valence electrons. The van der Waals surface area contributed by atoms with Gasteiger partial charge in [-0.15, -0.1) is 0 Å². The Morgan fingerprint density at radius 3 is 2.23 bits per heavy atom. The maximum Gasteiger partial charge on any atom is 0.244 e. The van der Waals surface area contributed by atoms with Crippen LogP contribution in [0.25, 0.3) is 0 Å². The Kier molecular flexibility index (Phi) is 2.99. The van der Waals surface area contributed by atoms with Crippen LogP contribution >= 0.6 is 0 Å². The maximum absolute atomic E-state index is 11.1. The minimum absolute atomic E-state index is 0.500. The largest absolute Gasteiger partial charge is 0.310 e. The standard InChI is InChI=1S/C7H11N3O2S/c8-7(13(11,12)10-9)6-4-2-1-3-5-6/h1-5,7,10H,8-9H2. The molecule has 0 fully saturated rings. The Morgan fingerprint density at radius 1 is 1.23 bits per heavy atom. The third-order valence-electron chi connectivity index (χ3n) is 1.63. The van der Waals surface area contributed by atoms with Crippen LogP contribution in [0.4, 0.5) is 0 Å². The molecule has 0 aliphatic rings. The fourth-order valence-electron chi connectivity index (χ4n) is 0.895. The minimum Gasteiger partial charge on any atom is -0.310 e. The number of hydrazine groups is 1. The monoisotopic (exact) mass is 201 g/mol. The van der Waals surface area contributed by atoms with E-state index in [0.717, 1.165) is 0 Å². The average molecular weight is 201 g/mol. The van der Waals surface area contributed by atoms with Crippen LogP contribution in [0.15, 0.2) is 30.3 Å². The number of hydrogen-bond acceptors (Lipinski definition) is 4. The Morgan fingerprint density at radius 2 is 1.77 bits per heavy atom. The Bertz CT molecular complexity index is 363. The second-order valence-corrected chi connectivity index (χ2v) is 4.33. The van der Waals surface area contributed by atoms with Gasteiger partial charge in [0.05, 0.1) is 0 Å². The summed E-state index contributed by atoms with van der Waals surface area (Å²) in [5.74, 6) is 4.83. The molecule has 0 spiro atoms. The van der Waals surface area contributed by atoms with E-state index in [4.69, 9.17) is 11.6 Å². The maximum atomic E-state index is 11.1. The summed E-state index contributed by atoms with van der Waals surface area (Å²) < 4.78 is 22.3. The van der Waals surface area contributed by atoms with Gasteiger partial charge in [0.15, 0.2) is 0 Å². The van der Waals surface area contributed by atoms with Crippen molar-refractivity contribution < 1.29 is 8.42 Å². The van der Waals surface area contributed by atoms with Gasteiger partial charge in [-0.25, -0.2) is 8.42 Å². The van der Waals surface area contributed by atoms with E-state index in [1.807, 2.05) is 0 Å². The van der Waals surface area contributed by atoms with E-state index in [-0.39, 0.29) is 0 Å². The van der Waals surface area contributed by atoms with Gasteiger partial charge in [-0.05, 0) is 5.56 Å². The highest BCUT2D eigenvalue weighted by atomic mass is 32.2. The SMILES string of the molecule is NNS(=O)(=O)C(N)c1ccccc1. The highest BCUT2D eigenvalue weighted by molar-refractivity contribution is 7.89. The van der Waals surface area contributed by atoms with Crippen LogP contribution in [0.1, 0.15) is 10.9 Å². The zero-order valence-corrected chi connectivity index (χ0v) is 7.66. The molecule has 13 heavy (non-hydrogen) atoms. The van der Waals surface area contributed by atoms with E-state index < -0.39 is 15.4 Å². The number of rotatable bonds is 3. The lowest BCUT2D eigenvalue weighted by Gasteiger charge is -2.11. The lowest BCUT2D eigenvalue weighted by molar-refractivity contribution is 0.571. The molecule has 0 aliphatic heterocycles. The second kappa shape index (κ2) is 3.84.